The Bertz CT molecular complexity index is 987. The lowest BCUT2D eigenvalue weighted by Crippen LogP contribution is -2.26. The minimum atomic E-state index is 0. The molecule has 1 fully saturated rings. The monoisotopic (exact) mass is 467 g/mol. The highest BCUT2D eigenvalue weighted by atomic mass is 35.5. The maximum Gasteiger partial charge on any atom is 0.0671 e. The summed E-state index contributed by atoms with van der Waals surface area (Å²) in [6, 6.07) is 15.4. The summed E-state index contributed by atoms with van der Waals surface area (Å²) in [6.45, 7) is 2.05. The fourth-order valence-electron chi connectivity index (χ4n) is 3.50. The maximum atomic E-state index is 6.32. The number of nitrogens with one attached hydrogen (secondary N) is 1. The van der Waals surface area contributed by atoms with Gasteiger partial charge in [0.2, 0.25) is 0 Å². The van der Waals surface area contributed by atoms with Gasteiger partial charge in [0, 0.05) is 26.5 Å². The van der Waals surface area contributed by atoms with Crippen molar-refractivity contribution in [1.29, 1.82) is 0 Å². The van der Waals surface area contributed by atoms with Gasteiger partial charge in [0.05, 0.1) is 17.1 Å². The van der Waals surface area contributed by atoms with Gasteiger partial charge in [-0.15, -0.1) is 12.4 Å². The number of piperidine rings is 1. The molecule has 3 nitrogen and oxygen atoms in total. The molecule has 1 aliphatic heterocycles. The first-order valence-electron chi connectivity index (χ1n) is 9.30. The average Bonchev–Trinajstić information content (AvgIpc) is 3.13. The first-order valence-corrected chi connectivity index (χ1v) is 10.4. The maximum absolute atomic E-state index is 6.32. The molecule has 4 rings (SSSR count). The molecule has 0 aliphatic carbocycles. The summed E-state index contributed by atoms with van der Waals surface area (Å²) >= 11 is 18.9. The van der Waals surface area contributed by atoms with Gasteiger partial charge in [0.15, 0.2) is 0 Å². The Balaban J connectivity index is 0.00000240. The van der Waals surface area contributed by atoms with E-state index in [0.717, 1.165) is 48.6 Å². The Hall–Kier alpha value is -1.49. The SMILES string of the molecule is Cl.Clc1cccc(-n2nc(C3CCNCC3)cc2/C=C\c2c(Cl)cccc2Cl)c1. The Morgan fingerprint density at radius 1 is 0.931 bits per heavy atom. The highest BCUT2D eigenvalue weighted by Gasteiger charge is 2.20. The van der Waals surface area contributed by atoms with E-state index in [0.29, 0.717) is 21.0 Å². The molecule has 0 atom stereocenters. The van der Waals surface area contributed by atoms with E-state index >= 15 is 0 Å². The minimum absolute atomic E-state index is 0. The normalized spacial score (nSPS) is 14.9. The molecule has 0 bridgehead atoms. The summed E-state index contributed by atoms with van der Waals surface area (Å²) < 4.78 is 1.94. The van der Waals surface area contributed by atoms with E-state index in [-0.39, 0.29) is 12.4 Å². The van der Waals surface area contributed by atoms with Gasteiger partial charge in [-0.3, -0.25) is 0 Å². The molecule has 1 saturated heterocycles. The standard InChI is InChI=1S/C22H20Cl3N3.ClH/c23-16-3-1-4-17(13-16)28-18(7-8-19-20(24)5-2-6-21(19)25)14-22(27-28)15-9-11-26-12-10-15;/h1-8,13-15,26H,9-12H2;1H/b8-7-;. The van der Waals surface area contributed by atoms with E-state index in [4.69, 9.17) is 39.9 Å². The van der Waals surface area contributed by atoms with Crippen molar-refractivity contribution in [1.82, 2.24) is 15.1 Å². The van der Waals surface area contributed by atoms with Crippen LogP contribution >= 0.6 is 47.2 Å². The van der Waals surface area contributed by atoms with Crippen LogP contribution in [0.15, 0.2) is 48.5 Å². The Kier molecular flexibility index (Phi) is 7.66. The second kappa shape index (κ2) is 10.0. The third-order valence-electron chi connectivity index (χ3n) is 4.99. The Morgan fingerprint density at radius 3 is 2.31 bits per heavy atom. The number of aromatic nitrogens is 2. The summed E-state index contributed by atoms with van der Waals surface area (Å²) in [4.78, 5) is 0. The van der Waals surface area contributed by atoms with Crippen LogP contribution in [-0.4, -0.2) is 22.9 Å². The lowest BCUT2D eigenvalue weighted by molar-refractivity contribution is 0.451. The molecule has 1 aliphatic rings. The molecule has 1 aromatic heterocycles. The molecule has 2 aromatic carbocycles. The molecule has 0 spiro atoms. The van der Waals surface area contributed by atoms with E-state index < -0.39 is 0 Å². The van der Waals surface area contributed by atoms with Crippen LogP contribution in [0.2, 0.25) is 15.1 Å². The van der Waals surface area contributed by atoms with E-state index in [9.17, 15) is 0 Å². The molecule has 7 heteroatoms. The van der Waals surface area contributed by atoms with E-state index in [2.05, 4.69) is 11.4 Å². The second-order valence-electron chi connectivity index (χ2n) is 6.88. The van der Waals surface area contributed by atoms with Crippen molar-refractivity contribution in [2.24, 2.45) is 0 Å². The van der Waals surface area contributed by atoms with Crippen molar-refractivity contribution in [3.05, 3.63) is 80.6 Å². The Morgan fingerprint density at radius 2 is 1.62 bits per heavy atom. The van der Waals surface area contributed by atoms with E-state index in [1.807, 2.05) is 59.3 Å². The van der Waals surface area contributed by atoms with Gasteiger partial charge in [-0.05, 0) is 74.5 Å². The van der Waals surface area contributed by atoms with Crippen LogP contribution in [-0.2, 0) is 0 Å². The van der Waals surface area contributed by atoms with Crippen LogP contribution < -0.4 is 5.32 Å². The van der Waals surface area contributed by atoms with E-state index in [1.165, 1.54) is 0 Å². The lowest BCUT2D eigenvalue weighted by Gasteiger charge is -2.20. The zero-order chi connectivity index (χ0) is 19.5. The number of nitrogens with zero attached hydrogens (tertiary/aromatic N) is 2. The molecular weight excluding hydrogens is 448 g/mol. The summed E-state index contributed by atoms with van der Waals surface area (Å²) in [6.07, 6.45) is 6.12. The van der Waals surface area contributed by atoms with Crippen LogP contribution in [0.1, 0.15) is 35.7 Å². The predicted molar refractivity (Wildman–Crippen MR) is 126 cm³/mol. The molecule has 0 amide bonds. The molecule has 3 aromatic rings. The van der Waals surface area contributed by atoms with Crippen LogP contribution in [0.3, 0.4) is 0 Å². The lowest BCUT2D eigenvalue weighted by atomic mass is 9.94. The van der Waals surface area contributed by atoms with Crippen LogP contribution in [0.4, 0.5) is 0 Å². The van der Waals surface area contributed by atoms with Gasteiger partial charge < -0.3 is 5.32 Å². The molecular formula is C22H21Cl4N3. The largest absolute Gasteiger partial charge is 0.317 e. The predicted octanol–water partition coefficient (Wildman–Crippen LogP) is 6.89. The van der Waals surface area contributed by atoms with Gasteiger partial charge >= 0.3 is 0 Å². The fourth-order valence-corrected chi connectivity index (χ4v) is 4.21. The first kappa shape index (κ1) is 22.2. The van der Waals surface area contributed by atoms with Crippen LogP contribution in [0.25, 0.3) is 17.8 Å². The smallest absolute Gasteiger partial charge is 0.0671 e. The molecule has 0 saturated carbocycles. The highest BCUT2D eigenvalue weighted by Crippen LogP contribution is 2.29. The third kappa shape index (κ3) is 5.17. The first-order chi connectivity index (χ1) is 13.6. The number of hydrogen-bond acceptors (Lipinski definition) is 2. The quantitative estimate of drug-likeness (QED) is 0.451. The second-order valence-corrected chi connectivity index (χ2v) is 8.13. The van der Waals surface area contributed by atoms with Crippen molar-refractivity contribution < 1.29 is 0 Å². The number of benzene rings is 2. The topological polar surface area (TPSA) is 29.9 Å². The number of halogens is 4. The van der Waals surface area contributed by atoms with Gasteiger partial charge in [-0.2, -0.15) is 5.10 Å². The molecule has 0 radical (unpaired) electrons. The van der Waals surface area contributed by atoms with Crippen molar-refractivity contribution in [3.8, 4) is 5.69 Å². The summed E-state index contributed by atoms with van der Waals surface area (Å²) in [5.74, 6) is 0.456. The number of rotatable bonds is 4. The molecule has 29 heavy (non-hydrogen) atoms. The van der Waals surface area contributed by atoms with Crippen molar-refractivity contribution >= 4 is 59.4 Å². The van der Waals surface area contributed by atoms with Crippen molar-refractivity contribution in [2.75, 3.05) is 13.1 Å². The fraction of sp³-hybridized carbons (Fsp3) is 0.227. The van der Waals surface area contributed by atoms with Gasteiger partial charge in [-0.25, -0.2) is 4.68 Å². The minimum Gasteiger partial charge on any atom is -0.317 e. The number of hydrogen-bond donors (Lipinski definition) is 1. The third-order valence-corrected chi connectivity index (χ3v) is 5.88. The van der Waals surface area contributed by atoms with Crippen molar-refractivity contribution in [3.63, 3.8) is 0 Å². The van der Waals surface area contributed by atoms with Crippen LogP contribution in [0.5, 0.6) is 0 Å². The average molecular weight is 469 g/mol. The van der Waals surface area contributed by atoms with Gasteiger partial charge in [0.1, 0.15) is 0 Å². The molecule has 1 N–H and O–H groups in total. The molecule has 152 valence electrons. The Labute approximate surface area is 192 Å². The van der Waals surface area contributed by atoms with Crippen LogP contribution in [0, 0.1) is 0 Å². The summed E-state index contributed by atoms with van der Waals surface area (Å²) in [5, 5.41) is 10.2. The van der Waals surface area contributed by atoms with E-state index in [1.54, 1.807) is 0 Å². The highest BCUT2D eigenvalue weighted by molar-refractivity contribution is 6.37. The van der Waals surface area contributed by atoms with Gasteiger partial charge in [-0.1, -0.05) is 46.9 Å². The zero-order valence-corrected chi connectivity index (χ0v) is 18.7. The van der Waals surface area contributed by atoms with Gasteiger partial charge in [0.25, 0.3) is 0 Å². The summed E-state index contributed by atoms with van der Waals surface area (Å²) in [7, 11) is 0. The molecule has 0 unspecified atom stereocenters. The van der Waals surface area contributed by atoms with Crippen molar-refractivity contribution in [2.45, 2.75) is 18.8 Å². The summed E-state index contributed by atoms with van der Waals surface area (Å²) in [5.41, 5.74) is 3.80. The molecule has 2 heterocycles. The zero-order valence-electron chi connectivity index (χ0n) is 15.6.